The van der Waals surface area contributed by atoms with Gasteiger partial charge in [0, 0.05) is 0 Å². The Bertz CT molecular complexity index is 77.1. The molecule has 50 valence electrons. The zero-order valence-electron chi connectivity index (χ0n) is 4.16. The molecule has 0 aromatic heterocycles. The SMILES string of the molecule is O.O=C([O-])C(=O)[O-].[OH][Al+2]. The van der Waals surface area contributed by atoms with Gasteiger partial charge in [0.25, 0.3) is 0 Å². The Morgan fingerprint density at radius 2 is 1.22 bits per heavy atom. The van der Waals surface area contributed by atoms with Crippen LogP contribution in [0.15, 0.2) is 0 Å². The van der Waals surface area contributed by atoms with E-state index in [0.29, 0.717) is 0 Å². The first-order valence-corrected chi connectivity index (χ1v) is 1.84. The topological polar surface area (TPSA) is 132 Å². The second kappa shape index (κ2) is 10.4. The number of carbonyl (C=O) groups excluding carboxylic acids is 2. The van der Waals surface area contributed by atoms with E-state index in [1.807, 2.05) is 0 Å². The molecule has 0 rings (SSSR count). The van der Waals surface area contributed by atoms with Crippen LogP contribution in [0.2, 0.25) is 0 Å². The Morgan fingerprint density at radius 3 is 1.22 bits per heavy atom. The van der Waals surface area contributed by atoms with Gasteiger partial charge in [-0.15, -0.1) is 0 Å². The first-order chi connectivity index (χ1) is 3.64. The molecule has 7 heteroatoms. The van der Waals surface area contributed by atoms with Gasteiger partial charge in [0.05, 0.1) is 11.9 Å². The molecule has 6 nitrogen and oxygen atoms in total. The molecular weight excluding hydrogens is 147 g/mol. The molecule has 0 saturated heterocycles. The molecule has 0 aromatic rings. The minimum atomic E-state index is -2.19. The maximum atomic E-state index is 8.93. The molecule has 0 unspecified atom stereocenters. The Kier molecular flexibility index (Phi) is 18.2. The molecule has 0 amide bonds. The van der Waals surface area contributed by atoms with E-state index in [0.717, 1.165) is 0 Å². The molecule has 0 aromatic carbocycles. The van der Waals surface area contributed by atoms with E-state index in [9.17, 15) is 0 Å². The monoisotopic (exact) mass is 150 g/mol. The van der Waals surface area contributed by atoms with Gasteiger partial charge in [-0.3, -0.25) is 0 Å². The molecule has 0 saturated carbocycles. The van der Waals surface area contributed by atoms with Gasteiger partial charge in [-0.25, -0.2) is 0 Å². The second-order valence-electron chi connectivity index (χ2n) is 0.575. The van der Waals surface area contributed by atoms with Gasteiger partial charge < -0.3 is 25.3 Å². The number of carboxylic acid groups (broad SMARTS) is 2. The Hall–Kier alpha value is -0.608. The zero-order chi connectivity index (χ0) is 7.15. The third-order valence-corrected chi connectivity index (χ3v) is 0.167. The predicted octanol–water partition coefficient (Wildman–Crippen LogP) is -5.28. The first kappa shape index (κ1) is 15.8. The normalized spacial score (nSPS) is 5.67. The van der Waals surface area contributed by atoms with Crippen LogP contribution in [0, 0.1) is 0 Å². The van der Waals surface area contributed by atoms with Gasteiger partial charge in [-0.2, -0.15) is 0 Å². The Labute approximate surface area is 58.8 Å². The first-order valence-electron chi connectivity index (χ1n) is 1.32. The van der Waals surface area contributed by atoms with Crippen molar-refractivity contribution in [3.8, 4) is 0 Å². The quantitative estimate of drug-likeness (QED) is 0.272. The number of hydrogen-bond donors (Lipinski definition) is 1. The maximum absolute atomic E-state index is 8.93. The molecule has 3 N–H and O–H groups in total. The summed E-state index contributed by atoms with van der Waals surface area (Å²) in [6.07, 6.45) is 0. The van der Waals surface area contributed by atoms with E-state index in [1.165, 1.54) is 16.6 Å². The van der Waals surface area contributed by atoms with Gasteiger partial charge >= 0.3 is 20.8 Å². The molecule has 0 aliphatic heterocycles. The third-order valence-electron chi connectivity index (χ3n) is 0.167. The van der Waals surface area contributed by atoms with Crippen LogP contribution in [0.3, 0.4) is 0 Å². The van der Waals surface area contributed by atoms with Crippen LogP contribution in [0.4, 0.5) is 0 Å². The standard InChI is InChI=1S/C2H2O4.Al.2H2O/c3-1(4)2(5)6;;;/h(H,3,4)(H,5,6);;2*1H2/q;+3;;/p-3. The number of carboxylic acids is 2. The van der Waals surface area contributed by atoms with E-state index < -0.39 is 11.9 Å². The molecule has 0 aliphatic carbocycles. The predicted molar refractivity (Wildman–Crippen MR) is 21.6 cm³/mol. The number of hydrogen-bond acceptors (Lipinski definition) is 5. The summed E-state index contributed by atoms with van der Waals surface area (Å²) in [7, 11) is 0. The molecule has 0 spiro atoms. The van der Waals surface area contributed by atoms with Crippen molar-refractivity contribution in [2.75, 3.05) is 0 Å². The van der Waals surface area contributed by atoms with Gasteiger partial charge in [0.2, 0.25) is 0 Å². The molecule has 0 bridgehead atoms. The summed E-state index contributed by atoms with van der Waals surface area (Å²) in [5.41, 5.74) is 0. The third kappa shape index (κ3) is 18.7. The minimum absolute atomic E-state index is 0. The van der Waals surface area contributed by atoms with Crippen LogP contribution in [0.25, 0.3) is 0 Å². The number of carbonyl (C=O) groups is 2. The van der Waals surface area contributed by atoms with Crippen LogP contribution in [0.5, 0.6) is 0 Å². The van der Waals surface area contributed by atoms with Crippen LogP contribution in [-0.2, 0) is 9.59 Å². The van der Waals surface area contributed by atoms with Crippen LogP contribution >= 0.6 is 0 Å². The summed E-state index contributed by atoms with van der Waals surface area (Å²) in [5.74, 6) is -4.37. The number of aliphatic carboxylic acids is 2. The van der Waals surface area contributed by atoms with E-state index in [1.54, 1.807) is 0 Å². The molecule has 0 radical (unpaired) electrons. The van der Waals surface area contributed by atoms with Gasteiger partial charge in [0.1, 0.15) is 0 Å². The van der Waals surface area contributed by atoms with E-state index >= 15 is 0 Å². The van der Waals surface area contributed by atoms with Crippen LogP contribution < -0.4 is 10.2 Å². The van der Waals surface area contributed by atoms with Gasteiger partial charge in [-0.1, -0.05) is 0 Å². The van der Waals surface area contributed by atoms with Gasteiger partial charge in [0.15, 0.2) is 0 Å². The molecule has 0 atom stereocenters. The number of rotatable bonds is 0. The fraction of sp³-hybridized carbons (Fsp3) is 0. The molecule has 0 heterocycles. The Balaban J connectivity index is -0.000000109. The Morgan fingerprint density at radius 1 is 1.11 bits per heavy atom. The van der Waals surface area contributed by atoms with Crippen molar-refractivity contribution >= 4 is 28.6 Å². The van der Waals surface area contributed by atoms with Crippen LogP contribution in [-0.4, -0.2) is 38.2 Å². The summed E-state index contributed by atoms with van der Waals surface area (Å²) in [6, 6.07) is 0. The van der Waals surface area contributed by atoms with E-state index in [2.05, 4.69) is 0 Å². The summed E-state index contributed by atoms with van der Waals surface area (Å²) in [6.45, 7) is 0. The summed E-state index contributed by atoms with van der Waals surface area (Å²) >= 11 is 1.42. The van der Waals surface area contributed by atoms with Crippen molar-refractivity contribution in [1.29, 1.82) is 0 Å². The average Bonchev–Trinajstić information content (AvgIpc) is 1.72. The summed E-state index contributed by atoms with van der Waals surface area (Å²) in [5, 5.41) is 17.9. The van der Waals surface area contributed by atoms with Crippen LogP contribution in [0.1, 0.15) is 0 Å². The van der Waals surface area contributed by atoms with E-state index in [4.69, 9.17) is 24.0 Å². The van der Waals surface area contributed by atoms with E-state index in [-0.39, 0.29) is 5.48 Å². The van der Waals surface area contributed by atoms with Crippen molar-refractivity contribution in [2.24, 2.45) is 0 Å². The average molecular weight is 150 g/mol. The molecule has 0 aliphatic rings. The van der Waals surface area contributed by atoms with Crippen molar-refractivity contribution < 1.29 is 29.4 Å². The van der Waals surface area contributed by atoms with Gasteiger partial charge in [-0.05, 0) is 0 Å². The molecular formula is C2H3AlO6. The second-order valence-corrected chi connectivity index (χ2v) is 0.575. The molecule has 9 heavy (non-hydrogen) atoms. The van der Waals surface area contributed by atoms with Crippen molar-refractivity contribution in [2.45, 2.75) is 0 Å². The summed E-state index contributed by atoms with van der Waals surface area (Å²) < 4.78 is 6.92. The van der Waals surface area contributed by atoms with Crippen molar-refractivity contribution in [3.05, 3.63) is 0 Å². The fourth-order valence-electron chi connectivity index (χ4n) is 0. The van der Waals surface area contributed by atoms with Crippen molar-refractivity contribution in [1.82, 2.24) is 0 Å². The fourth-order valence-corrected chi connectivity index (χ4v) is 0. The summed E-state index contributed by atoms with van der Waals surface area (Å²) in [4.78, 5) is 17.9. The zero-order valence-corrected chi connectivity index (χ0v) is 5.31. The molecule has 0 fully saturated rings. The van der Waals surface area contributed by atoms with Crippen molar-refractivity contribution in [3.63, 3.8) is 0 Å².